The van der Waals surface area contributed by atoms with Gasteiger partial charge in [-0.2, -0.15) is 0 Å². The molecule has 3 N–H and O–H groups in total. The van der Waals surface area contributed by atoms with Crippen LogP contribution in [0.1, 0.15) is 29.3 Å². The molecule has 0 bridgehead atoms. The lowest BCUT2D eigenvalue weighted by Gasteiger charge is -2.28. The monoisotopic (exact) mass is 412 g/mol. The number of benzene rings is 1. The van der Waals surface area contributed by atoms with Crippen LogP contribution >= 0.6 is 11.3 Å². The molecule has 29 heavy (non-hydrogen) atoms. The summed E-state index contributed by atoms with van der Waals surface area (Å²) in [6, 6.07) is 10.8. The minimum absolute atomic E-state index is 0.0578. The molecule has 3 atom stereocenters. The highest BCUT2D eigenvalue weighted by Crippen LogP contribution is 2.43. The SMILES string of the molecule is Cc1ccc(N2C(=O)CC(C(=O)NC3CCN(C(N)=O)C3)C2c2cccs2)cc1. The number of hydrogen-bond donors (Lipinski definition) is 2. The second-order valence-electron chi connectivity index (χ2n) is 7.65. The molecule has 4 amide bonds. The summed E-state index contributed by atoms with van der Waals surface area (Å²) in [6.07, 6.45) is 0.829. The number of nitrogens with two attached hydrogens (primary N) is 1. The fourth-order valence-corrected chi connectivity index (χ4v) is 5.03. The molecule has 2 fully saturated rings. The number of amides is 4. The lowest BCUT2D eigenvalue weighted by atomic mass is 9.97. The summed E-state index contributed by atoms with van der Waals surface area (Å²) in [5, 5.41) is 5.00. The summed E-state index contributed by atoms with van der Waals surface area (Å²) in [7, 11) is 0. The zero-order chi connectivity index (χ0) is 20.5. The van der Waals surface area contributed by atoms with E-state index >= 15 is 0 Å². The van der Waals surface area contributed by atoms with E-state index in [4.69, 9.17) is 5.73 Å². The van der Waals surface area contributed by atoms with Crippen LogP contribution in [0.5, 0.6) is 0 Å². The van der Waals surface area contributed by atoms with Gasteiger partial charge in [-0.05, 0) is 36.9 Å². The fraction of sp³-hybridized carbons (Fsp3) is 0.381. The number of carbonyl (C=O) groups excluding carboxylic acids is 3. The molecule has 4 rings (SSSR count). The van der Waals surface area contributed by atoms with Crippen LogP contribution in [0.3, 0.4) is 0 Å². The molecule has 7 nitrogen and oxygen atoms in total. The second-order valence-corrected chi connectivity index (χ2v) is 8.63. The van der Waals surface area contributed by atoms with Crippen molar-refractivity contribution in [2.75, 3.05) is 18.0 Å². The number of aryl methyl sites for hydroxylation is 1. The van der Waals surface area contributed by atoms with Crippen LogP contribution in [0.15, 0.2) is 41.8 Å². The second kappa shape index (κ2) is 7.87. The third-order valence-electron chi connectivity index (χ3n) is 5.65. The van der Waals surface area contributed by atoms with E-state index in [1.54, 1.807) is 16.2 Å². The summed E-state index contributed by atoms with van der Waals surface area (Å²) in [6.45, 7) is 2.94. The highest BCUT2D eigenvalue weighted by atomic mass is 32.1. The van der Waals surface area contributed by atoms with Crippen molar-refractivity contribution >= 4 is 34.9 Å². The van der Waals surface area contributed by atoms with Crippen molar-refractivity contribution in [2.45, 2.75) is 31.8 Å². The average molecular weight is 413 g/mol. The Balaban J connectivity index is 1.57. The first-order valence-electron chi connectivity index (χ1n) is 9.71. The van der Waals surface area contributed by atoms with Gasteiger partial charge in [0, 0.05) is 36.1 Å². The summed E-state index contributed by atoms with van der Waals surface area (Å²) in [5.74, 6) is -0.689. The Labute approximate surface area is 173 Å². The van der Waals surface area contributed by atoms with Gasteiger partial charge in [0.1, 0.15) is 0 Å². The zero-order valence-electron chi connectivity index (χ0n) is 16.2. The van der Waals surface area contributed by atoms with Crippen LogP contribution in [0.25, 0.3) is 0 Å². The Bertz CT molecular complexity index is 913. The Morgan fingerprint density at radius 1 is 1.21 bits per heavy atom. The highest BCUT2D eigenvalue weighted by molar-refractivity contribution is 7.10. The van der Waals surface area contributed by atoms with Gasteiger partial charge < -0.3 is 20.9 Å². The van der Waals surface area contributed by atoms with Crippen LogP contribution in [0.4, 0.5) is 10.5 Å². The van der Waals surface area contributed by atoms with Crippen molar-refractivity contribution in [1.82, 2.24) is 10.2 Å². The number of primary amides is 1. The van der Waals surface area contributed by atoms with E-state index in [0.29, 0.717) is 19.5 Å². The van der Waals surface area contributed by atoms with Gasteiger partial charge in [0.15, 0.2) is 0 Å². The minimum Gasteiger partial charge on any atom is -0.351 e. The van der Waals surface area contributed by atoms with Crippen LogP contribution in [0.2, 0.25) is 0 Å². The smallest absolute Gasteiger partial charge is 0.314 e. The average Bonchev–Trinajstić information content (AvgIpc) is 3.42. The summed E-state index contributed by atoms with van der Waals surface area (Å²) >= 11 is 1.55. The van der Waals surface area contributed by atoms with E-state index in [0.717, 1.165) is 16.1 Å². The first-order valence-corrected chi connectivity index (χ1v) is 10.6. The molecule has 0 radical (unpaired) electrons. The van der Waals surface area contributed by atoms with Crippen LogP contribution < -0.4 is 16.0 Å². The number of anilines is 1. The Kier molecular flexibility index (Phi) is 5.27. The van der Waals surface area contributed by atoms with Gasteiger partial charge in [-0.25, -0.2) is 4.79 Å². The fourth-order valence-electron chi connectivity index (χ4n) is 4.15. The van der Waals surface area contributed by atoms with Gasteiger partial charge in [-0.3, -0.25) is 9.59 Å². The van der Waals surface area contributed by atoms with Crippen molar-refractivity contribution in [1.29, 1.82) is 0 Å². The molecule has 3 heterocycles. The maximum Gasteiger partial charge on any atom is 0.314 e. The third-order valence-corrected chi connectivity index (χ3v) is 6.60. The van der Waals surface area contributed by atoms with E-state index in [2.05, 4.69) is 5.32 Å². The third kappa shape index (κ3) is 3.85. The van der Waals surface area contributed by atoms with Gasteiger partial charge >= 0.3 is 6.03 Å². The maximum absolute atomic E-state index is 13.1. The van der Waals surface area contributed by atoms with Crippen molar-refractivity contribution in [3.05, 3.63) is 52.2 Å². The molecular weight excluding hydrogens is 388 g/mol. The summed E-state index contributed by atoms with van der Waals surface area (Å²) in [5.41, 5.74) is 7.25. The van der Waals surface area contributed by atoms with Crippen LogP contribution in [-0.4, -0.2) is 41.9 Å². The van der Waals surface area contributed by atoms with E-state index in [1.807, 2.05) is 48.7 Å². The number of nitrogens with one attached hydrogen (secondary N) is 1. The molecule has 2 aliphatic rings. The van der Waals surface area contributed by atoms with Crippen LogP contribution in [-0.2, 0) is 9.59 Å². The topological polar surface area (TPSA) is 95.7 Å². The number of hydrogen-bond acceptors (Lipinski definition) is 4. The van der Waals surface area contributed by atoms with Gasteiger partial charge in [-0.1, -0.05) is 23.8 Å². The van der Waals surface area contributed by atoms with Crippen molar-refractivity contribution < 1.29 is 14.4 Å². The standard InChI is InChI=1S/C21H24N4O3S/c1-13-4-6-15(7-5-13)25-18(26)11-16(19(25)17-3-2-10-29-17)20(27)23-14-8-9-24(12-14)21(22)28/h2-7,10,14,16,19H,8-9,11-12H2,1H3,(H2,22,28)(H,23,27). The number of carbonyl (C=O) groups is 3. The molecule has 2 aliphatic heterocycles. The predicted octanol–water partition coefficient (Wildman–Crippen LogP) is 2.42. The van der Waals surface area contributed by atoms with Gasteiger partial charge in [0.05, 0.1) is 12.0 Å². The normalized spacial score (nSPS) is 24.2. The van der Waals surface area contributed by atoms with Crippen molar-refractivity contribution in [2.24, 2.45) is 11.7 Å². The molecule has 1 aromatic heterocycles. The molecule has 152 valence electrons. The summed E-state index contributed by atoms with van der Waals surface area (Å²) < 4.78 is 0. The Morgan fingerprint density at radius 3 is 2.59 bits per heavy atom. The molecule has 3 unspecified atom stereocenters. The number of thiophene rings is 1. The van der Waals surface area contributed by atoms with E-state index < -0.39 is 11.9 Å². The van der Waals surface area contributed by atoms with E-state index in [9.17, 15) is 14.4 Å². The Hall–Kier alpha value is -2.87. The summed E-state index contributed by atoms with van der Waals surface area (Å²) in [4.78, 5) is 41.7. The number of rotatable bonds is 4. The number of nitrogens with zero attached hydrogens (tertiary/aromatic N) is 2. The molecule has 2 aromatic rings. The molecule has 2 saturated heterocycles. The van der Waals surface area contributed by atoms with E-state index in [1.165, 1.54) is 4.90 Å². The van der Waals surface area contributed by atoms with Crippen molar-refractivity contribution in [3.63, 3.8) is 0 Å². The Morgan fingerprint density at radius 2 is 1.97 bits per heavy atom. The largest absolute Gasteiger partial charge is 0.351 e. The highest BCUT2D eigenvalue weighted by Gasteiger charge is 2.46. The van der Waals surface area contributed by atoms with Gasteiger partial charge in [0.2, 0.25) is 11.8 Å². The lowest BCUT2D eigenvalue weighted by molar-refractivity contribution is -0.127. The van der Waals surface area contributed by atoms with Crippen molar-refractivity contribution in [3.8, 4) is 0 Å². The molecule has 0 spiro atoms. The molecule has 0 aliphatic carbocycles. The maximum atomic E-state index is 13.1. The number of urea groups is 1. The first-order chi connectivity index (χ1) is 13.9. The molecular formula is C21H24N4O3S. The molecule has 1 aromatic carbocycles. The molecule has 8 heteroatoms. The van der Waals surface area contributed by atoms with E-state index in [-0.39, 0.29) is 30.3 Å². The predicted molar refractivity (Wildman–Crippen MR) is 112 cm³/mol. The lowest BCUT2D eigenvalue weighted by Crippen LogP contribution is -2.43. The minimum atomic E-state index is -0.481. The van der Waals surface area contributed by atoms with Gasteiger partial charge in [-0.15, -0.1) is 11.3 Å². The van der Waals surface area contributed by atoms with Crippen LogP contribution in [0, 0.1) is 12.8 Å². The zero-order valence-corrected chi connectivity index (χ0v) is 17.0. The first kappa shape index (κ1) is 19.4. The number of likely N-dealkylation sites (tertiary alicyclic amines) is 1. The molecule has 0 saturated carbocycles. The quantitative estimate of drug-likeness (QED) is 0.807. The van der Waals surface area contributed by atoms with Gasteiger partial charge in [0.25, 0.3) is 0 Å².